The van der Waals surface area contributed by atoms with Gasteiger partial charge in [0.25, 0.3) is 0 Å². The molecule has 3 N–H and O–H groups in total. The number of hydrogen-bond acceptors (Lipinski definition) is 2. The minimum absolute atomic E-state index is 0. The highest BCUT2D eigenvalue weighted by Crippen LogP contribution is 2.32. The van der Waals surface area contributed by atoms with Gasteiger partial charge in [0.05, 0.1) is 0 Å². The first-order valence-electron chi connectivity index (χ1n) is 6.22. The number of carbonyl (C=O) groups is 1. The molecule has 2 aliphatic carbocycles. The Morgan fingerprint density at radius 3 is 2.56 bits per heavy atom. The zero-order valence-electron chi connectivity index (χ0n) is 9.95. The highest BCUT2D eigenvalue weighted by Gasteiger charge is 2.31. The predicted octanol–water partition coefficient (Wildman–Crippen LogP) is 1.84. The quantitative estimate of drug-likeness (QED) is 0.799. The molecule has 2 fully saturated rings. The third-order valence-electron chi connectivity index (χ3n) is 3.78. The molecule has 3 unspecified atom stereocenters. The van der Waals surface area contributed by atoms with Gasteiger partial charge in [0.1, 0.15) is 0 Å². The number of hydrogen-bond donors (Lipinski definition) is 2. The van der Waals surface area contributed by atoms with E-state index in [0.717, 1.165) is 31.6 Å². The number of halogens is 1. The molecule has 4 heteroatoms. The minimum atomic E-state index is 0. The highest BCUT2D eigenvalue weighted by molar-refractivity contribution is 5.85. The zero-order chi connectivity index (χ0) is 10.8. The molecule has 0 bridgehead atoms. The molecule has 94 valence electrons. The van der Waals surface area contributed by atoms with Gasteiger partial charge in [-0.15, -0.1) is 12.4 Å². The Kier molecular flexibility index (Phi) is 5.06. The van der Waals surface area contributed by atoms with Crippen molar-refractivity contribution in [2.75, 3.05) is 0 Å². The Bertz CT molecular complexity index is 243. The molecule has 0 saturated heterocycles. The van der Waals surface area contributed by atoms with Crippen LogP contribution in [0.4, 0.5) is 0 Å². The van der Waals surface area contributed by atoms with E-state index in [0.29, 0.717) is 6.04 Å². The molecule has 2 saturated carbocycles. The van der Waals surface area contributed by atoms with E-state index in [1.165, 1.54) is 12.8 Å². The van der Waals surface area contributed by atoms with Crippen LogP contribution in [0, 0.1) is 11.8 Å². The monoisotopic (exact) mass is 246 g/mol. The summed E-state index contributed by atoms with van der Waals surface area (Å²) in [6.45, 7) is 2.12. The number of amides is 1. The van der Waals surface area contributed by atoms with Crippen LogP contribution in [-0.2, 0) is 4.79 Å². The molecule has 0 aliphatic heterocycles. The lowest BCUT2D eigenvalue weighted by atomic mass is 9.85. The van der Waals surface area contributed by atoms with Crippen molar-refractivity contribution >= 4 is 18.3 Å². The second-order valence-corrected chi connectivity index (χ2v) is 5.26. The van der Waals surface area contributed by atoms with Crippen LogP contribution in [0.5, 0.6) is 0 Å². The molecule has 0 radical (unpaired) electrons. The van der Waals surface area contributed by atoms with Crippen molar-refractivity contribution in [2.45, 2.75) is 57.5 Å². The van der Waals surface area contributed by atoms with E-state index in [1.54, 1.807) is 0 Å². The van der Waals surface area contributed by atoms with E-state index in [-0.39, 0.29) is 30.3 Å². The van der Waals surface area contributed by atoms with Crippen molar-refractivity contribution in [3.8, 4) is 0 Å². The molecule has 0 aromatic rings. The summed E-state index contributed by atoms with van der Waals surface area (Å²) in [4.78, 5) is 11.9. The summed E-state index contributed by atoms with van der Waals surface area (Å²) >= 11 is 0. The summed E-state index contributed by atoms with van der Waals surface area (Å²) in [5.41, 5.74) is 5.89. The van der Waals surface area contributed by atoms with Crippen molar-refractivity contribution in [1.82, 2.24) is 5.32 Å². The Morgan fingerprint density at radius 1 is 1.31 bits per heavy atom. The first-order valence-corrected chi connectivity index (χ1v) is 6.22. The van der Waals surface area contributed by atoms with Crippen LogP contribution in [0.15, 0.2) is 0 Å². The van der Waals surface area contributed by atoms with Gasteiger partial charge in [-0.2, -0.15) is 0 Å². The lowest BCUT2D eigenvalue weighted by molar-refractivity contribution is -0.126. The third kappa shape index (κ3) is 3.63. The molecule has 3 atom stereocenters. The first-order chi connectivity index (χ1) is 7.16. The van der Waals surface area contributed by atoms with Crippen molar-refractivity contribution in [1.29, 1.82) is 0 Å². The van der Waals surface area contributed by atoms with Crippen molar-refractivity contribution in [2.24, 2.45) is 17.6 Å². The maximum Gasteiger partial charge on any atom is 0.223 e. The SMILES string of the molecule is CC(NC(=O)C1CCCC(N)C1)C1CC1.Cl. The maximum atomic E-state index is 11.9. The molecule has 0 aromatic carbocycles. The molecule has 2 aliphatic rings. The van der Waals surface area contributed by atoms with Crippen LogP contribution in [0.3, 0.4) is 0 Å². The van der Waals surface area contributed by atoms with Crippen LogP contribution in [0.1, 0.15) is 45.4 Å². The van der Waals surface area contributed by atoms with Crippen LogP contribution >= 0.6 is 12.4 Å². The van der Waals surface area contributed by atoms with E-state index < -0.39 is 0 Å². The largest absolute Gasteiger partial charge is 0.353 e. The van der Waals surface area contributed by atoms with Gasteiger partial charge in [0.2, 0.25) is 5.91 Å². The lowest BCUT2D eigenvalue weighted by Crippen LogP contribution is -2.42. The van der Waals surface area contributed by atoms with Gasteiger partial charge in [-0.3, -0.25) is 4.79 Å². The van der Waals surface area contributed by atoms with Crippen LogP contribution < -0.4 is 11.1 Å². The molecule has 16 heavy (non-hydrogen) atoms. The molecule has 3 nitrogen and oxygen atoms in total. The highest BCUT2D eigenvalue weighted by atomic mass is 35.5. The average molecular weight is 247 g/mol. The zero-order valence-corrected chi connectivity index (χ0v) is 10.8. The standard InChI is InChI=1S/C12H22N2O.ClH/c1-8(9-5-6-9)14-12(15)10-3-2-4-11(13)7-10;/h8-11H,2-7,13H2,1H3,(H,14,15);1H. The average Bonchev–Trinajstić information content (AvgIpc) is 3.00. The molecule has 1 amide bonds. The summed E-state index contributed by atoms with van der Waals surface area (Å²) in [6, 6.07) is 0.612. The Hall–Kier alpha value is -0.280. The van der Waals surface area contributed by atoms with Gasteiger partial charge in [0, 0.05) is 18.0 Å². The van der Waals surface area contributed by atoms with E-state index in [1.807, 2.05) is 0 Å². The molecule has 2 rings (SSSR count). The van der Waals surface area contributed by atoms with Crippen LogP contribution in [0.2, 0.25) is 0 Å². The van der Waals surface area contributed by atoms with Gasteiger partial charge in [0.15, 0.2) is 0 Å². The van der Waals surface area contributed by atoms with E-state index >= 15 is 0 Å². The fourth-order valence-electron chi connectivity index (χ4n) is 2.52. The topological polar surface area (TPSA) is 55.1 Å². The summed E-state index contributed by atoms with van der Waals surface area (Å²) < 4.78 is 0. The molecular weight excluding hydrogens is 224 g/mol. The number of nitrogens with one attached hydrogen (secondary N) is 1. The fraction of sp³-hybridized carbons (Fsp3) is 0.917. The summed E-state index contributed by atoms with van der Waals surface area (Å²) in [5.74, 6) is 1.16. The fourth-order valence-corrected chi connectivity index (χ4v) is 2.52. The van der Waals surface area contributed by atoms with E-state index in [4.69, 9.17) is 5.73 Å². The van der Waals surface area contributed by atoms with Crippen molar-refractivity contribution < 1.29 is 4.79 Å². The first kappa shape index (κ1) is 13.8. The van der Waals surface area contributed by atoms with Crippen molar-refractivity contribution in [3.05, 3.63) is 0 Å². The molecular formula is C12H23ClN2O. The van der Waals surface area contributed by atoms with Gasteiger partial charge in [-0.05, 0) is 44.9 Å². The number of carbonyl (C=O) groups excluding carboxylic acids is 1. The van der Waals surface area contributed by atoms with Gasteiger partial charge in [-0.25, -0.2) is 0 Å². The van der Waals surface area contributed by atoms with Gasteiger partial charge < -0.3 is 11.1 Å². The van der Waals surface area contributed by atoms with Crippen LogP contribution in [0.25, 0.3) is 0 Å². The lowest BCUT2D eigenvalue weighted by Gasteiger charge is -2.27. The van der Waals surface area contributed by atoms with Crippen LogP contribution in [-0.4, -0.2) is 18.0 Å². The molecule has 0 aromatic heterocycles. The number of nitrogens with two attached hydrogens (primary N) is 1. The third-order valence-corrected chi connectivity index (χ3v) is 3.78. The minimum Gasteiger partial charge on any atom is -0.353 e. The molecule has 0 heterocycles. The normalized spacial score (nSPS) is 31.4. The second-order valence-electron chi connectivity index (χ2n) is 5.26. The predicted molar refractivity (Wildman–Crippen MR) is 67.5 cm³/mol. The Morgan fingerprint density at radius 2 is 2.00 bits per heavy atom. The summed E-state index contributed by atoms with van der Waals surface area (Å²) in [6.07, 6.45) is 6.66. The van der Waals surface area contributed by atoms with Gasteiger partial charge >= 0.3 is 0 Å². The smallest absolute Gasteiger partial charge is 0.223 e. The summed E-state index contributed by atoms with van der Waals surface area (Å²) in [7, 11) is 0. The Labute approximate surface area is 104 Å². The summed E-state index contributed by atoms with van der Waals surface area (Å²) in [5, 5.41) is 3.14. The maximum absolute atomic E-state index is 11.9. The van der Waals surface area contributed by atoms with Gasteiger partial charge in [-0.1, -0.05) is 6.42 Å². The van der Waals surface area contributed by atoms with E-state index in [2.05, 4.69) is 12.2 Å². The second kappa shape index (κ2) is 5.87. The Balaban J connectivity index is 0.00000128. The molecule has 0 spiro atoms. The number of rotatable bonds is 3. The van der Waals surface area contributed by atoms with Crippen molar-refractivity contribution in [3.63, 3.8) is 0 Å². The van der Waals surface area contributed by atoms with E-state index in [9.17, 15) is 4.79 Å².